The average molecular weight is 389 g/mol. The van der Waals surface area contributed by atoms with Crippen LogP contribution in [0, 0.1) is 0 Å². The normalized spacial score (nSPS) is 16.8. The molecule has 1 unspecified atom stereocenters. The summed E-state index contributed by atoms with van der Waals surface area (Å²) in [6.07, 6.45) is 2.32. The van der Waals surface area contributed by atoms with Crippen LogP contribution >= 0.6 is 0 Å². The van der Waals surface area contributed by atoms with Crippen molar-refractivity contribution in [1.29, 1.82) is 0 Å². The highest BCUT2D eigenvalue weighted by Gasteiger charge is 2.26. The van der Waals surface area contributed by atoms with E-state index >= 15 is 0 Å². The molecule has 0 radical (unpaired) electrons. The molecule has 29 heavy (non-hydrogen) atoms. The Labute approximate surface area is 169 Å². The van der Waals surface area contributed by atoms with Crippen molar-refractivity contribution in [2.45, 2.75) is 12.5 Å². The van der Waals surface area contributed by atoms with Crippen molar-refractivity contribution in [2.75, 3.05) is 26.2 Å². The highest BCUT2D eigenvalue weighted by Crippen LogP contribution is 2.14. The number of amides is 2. The Morgan fingerprint density at radius 2 is 2.00 bits per heavy atom. The second-order valence-corrected chi connectivity index (χ2v) is 7.13. The van der Waals surface area contributed by atoms with Crippen LogP contribution in [-0.4, -0.2) is 54.0 Å². The number of benzene rings is 2. The van der Waals surface area contributed by atoms with Crippen molar-refractivity contribution in [3.8, 4) is 0 Å². The maximum Gasteiger partial charge on any atom is 0.251 e. The van der Waals surface area contributed by atoms with Gasteiger partial charge in [0.2, 0.25) is 5.91 Å². The van der Waals surface area contributed by atoms with Gasteiger partial charge < -0.3 is 15.0 Å². The largest absolute Gasteiger partial charge is 0.365 e. The second kappa shape index (κ2) is 8.84. The molecule has 2 amide bonds. The fourth-order valence-electron chi connectivity index (χ4n) is 3.45. The van der Waals surface area contributed by atoms with Gasteiger partial charge in [-0.25, -0.2) is 0 Å². The second-order valence-electron chi connectivity index (χ2n) is 7.13. The topological polar surface area (TPSA) is 71.5 Å². The number of hydrogen-bond acceptors (Lipinski definition) is 4. The van der Waals surface area contributed by atoms with Crippen LogP contribution in [0.25, 0.3) is 10.9 Å². The molecule has 2 heterocycles. The minimum Gasteiger partial charge on any atom is -0.365 e. The first-order chi connectivity index (χ1) is 14.2. The van der Waals surface area contributed by atoms with Gasteiger partial charge in [0, 0.05) is 36.8 Å². The average Bonchev–Trinajstić information content (AvgIpc) is 2.77. The quantitative estimate of drug-likeness (QED) is 0.703. The van der Waals surface area contributed by atoms with Crippen LogP contribution in [0.1, 0.15) is 15.9 Å². The molecule has 3 aromatic rings. The van der Waals surface area contributed by atoms with Crippen molar-refractivity contribution >= 4 is 22.7 Å². The molecular weight excluding hydrogens is 366 g/mol. The van der Waals surface area contributed by atoms with Crippen LogP contribution in [-0.2, 0) is 16.0 Å². The molecule has 1 N–H and O–H groups in total. The molecule has 0 saturated carbocycles. The lowest BCUT2D eigenvalue weighted by Gasteiger charge is -2.33. The zero-order chi connectivity index (χ0) is 20.1. The fraction of sp³-hybridized carbons (Fsp3) is 0.261. The molecule has 4 rings (SSSR count). The summed E-state index contributed by atoms with van der Waals surface area (Å²) in [5.74, 6) is -0.169. The van der Waals surface area contributed by atoms with Gasteiger partial charge in [-0.05, 0) is 36.2 Å². The van der Waals surface area contributed by atoms with E-state index in [2.05, 4.69) is 22.4 Å². The van der Waals surface area contributed by atoms with Gasteiger partial charge in [-0.3, -0.25) is 14.6 Å². The highest BCUT2D eigenvalue weighted by molar-refractivity contribution is 5.97. The molecule has 0 bridgehead atoms. The molecule has 2 aromatic carbocycles. The fourth-order valence-corrected chi connectivity index (χ4v) is 3.45. The predicted molar refractivity (Wildman–Crippen MR) is 111 cm³/mol. The number of pyridine rings is 1. The summed E-state index contributed by atoms with van der Waals surface area (Å²) in [6, 6.07) is 19.3. The van der Waals surface area contributed by atoms with Gasteiger partial charge in [0.1, 0.15) is 6.61 Å². The van der Waals surface area contributed by atoms with Crippen LogP contribution in [0.15, 0.2) is 66.9 Å². The van der Waals surface area contributed by atoms with Gasteiger partial charge in [-0.2, -0.15) is 0 Å². The molecule has 1 saturated heterocycles. The minimum absolute atomic E-state index is 0.00876. The summed E-state index contributed by atoms with van der Waals surface area (Å²) in [6.45, 7) is 1.54. The molecule has 1 fully saturated rings. The lowest BCUT2D eigenvalue weighted by atomic mass is 10.1. The molecule has 1 aliphatic heterocycles. The number of fused-ring (bicyclic) bond motifs is 1. The number of morpholine rings is 1. The summed E-state index contributed by atoms with van der Waals surface area (Å²) in [5, 5.41) is 3.84. The smallest absolute Gasteiger partial charge is 0.251 e. The first-order valence-corrected chi connectivity index (χ1v) is 9.75. The molecule has 148 valence electrons. The number of carbonyl (C=O) groups excluding carboxylic acids is 2. The van der Waals surface area contributed by atoms with E-state index in [-0.39, 0.29) is 24.5 Å². The van der Waals surface area contributed by atoms with Gasteiger partial charge in [-0.15, -0.1) is 0 Å². The third-order valence-electron chi connectivity index (χ3n) is 5.09. The number of carbonyl (C=O) groups is 2. The Hall–Kier alpha value is -3.25. The lowest BCUT2D eigenvalue weighted by molar-refractivity contribution is -0.148. The molecule has 1 aliphatic rings. The number of nitrogens with one attached hydrogen (secondary N) is 1. The summed E-state index contributed by atoms with van der Waals surface area (Å²) in [4.78, 5) is 30.8. The zero-order valence-corrected chi connectivity index (χ0v) is 16.1. The number of ether oxygens (including phenoxy) is 1. The Bertz CT molecular complexity index is 1010. The molecule has 6 heteroatoms. The van der Waals surface area contributed by atoms with Gasteiger partial charge in [0.15, 0.2) is 0 Å². The van der Waals surface area contributed by atoms with E-state index in [1.807, 2.05) is 47.4 Å². The SMILES string of the molecule is O=C(NCC1CN(CCc2ccccc2)C(=O)CO1)c1ccc2ncccc2c1. The van der Waals surface area contributed by atoms with Crippen molar-refractivity contribution < 1.29 is 14.3 Å². The third kappa shape index (κ3) is 4.78. The van der Waals surface area contributed by atoms with E-state index < -0.39 is 0 Å². The Morgan fingerprint density at radius 1 is 1.14 bits per heavy atom. The molecule has 0 aliphatic carbocycles. The number of nitrogens with zero attached hydrogens (tertiary/aromatic N) is 2. The maximum absolute atomic E-state index is 12.5. The van der Waals surface area contributed by atoms with Gasteiger partial charge in [0.25, 0.3) is 5.91 Å². The van der Waals surface area contributed by atoms with Crippen LogP contribution in [0.3, 0.4) is 0 Å². The van der Waals surface area contributed by atoms with Gasteiger partial charge >= 0.3 is 0 Å². The van der Waals surface area contributed by atoms with Gasteiger partial charge in [-0.1, -0.05) is 36.4 Å². The van der Waals surface area contributed by atoms with E-state index in [1.54, 1.807) is 12.3 Å². The first kappa shape index (κ1) is 19.1. The summed E-state index contributed by atoms with van der Waals surface area (Å²) in [7, 11) is 0. The number of aromatic nitrogens is 1. The number of rotatable bonds is 6. The molecule has 0 spiro atoms. The highest BCUT2D eigenvalue weighted by atomic mass is 16.5. The van der Waals surface area contributed by atoms with Crippen LogP contribution < -0.4 is 5.32 Å². The monoisotopic (exact) mass is 389 g/mol. The Balaban J connectivity index is 1.31. The molecule has 6 nitrogen and oxygen atoms in total. The molecular formula is C23H23N3O3. The summed E-state index contributed by atoms with van der Waals surface area (Å²) >= 11 is 0. The van der Waals surface area contributed by atoms with Crippen molar-refractivity contribution in [2.24, 2.45) is 0 Å². The third-order valence-corrected chi connectivity index (χ3v) is 5.09. The standard InChI is InChI=1S/C23H23N3O3/c27-22-16-29-20(15-26(22)12-10-17-5-2-1-3-6-17)14-25-23(28)19-8-9-21-18(13-19)7-4-11-24-21/h1-9,11,13,20H,10,12,14-16H2,(H,25,28). The van der Waals surface area contributed by atoms with Crippen molar-refractivity contribution in [1.82, 2.24) is 15.2 Å². The van der Waals surface area contributed by atoms with Crippen molar-refractivity contribution in [3.63, 3.8) is 0 Å². The van der Waals surface area contributed by atoms with Crippen LogP contribution in [0.5, 0.6) is 0 Å². The van der Waals surface area contributed by atoms with Crippen molar-refractivity contribution in [3.05, 3.63) is 78.0 Å². The summed E-state index contributed by atoms with van der Waals surface area (Å²) in [5.41, 5.74) is 2.63. The lowest BCUT2D eigenvalue weighted by Crippen LogP contribution is -2.51. The van der Waals surface area contributed by atoms with E-state index in [1.165, 1.54) is 5.56 Å². The molecule has 1 aromatic heterocycles. The minimum atomic E-state index is -0.213. The van der Waals surface area contributed by atoms with Crippen LogP contribution in [0.4, 0.5) is 0 Å². The van der Waals surface area contributed by atoms with Crippen LogP contribution in [0.2, 0.25) is 0 Å². The summed E-state index contributed by atoms with van der Waals surface area (Å²) < 4.78 is 5.61. The zero-order valence-electron chi connectivity index (χ0n) is 16.1. The van der Waals surface area contributed by atoms with E-state index in [0.29, 0.717) is 25.2 Å². The maximum atomic E-state index is 12.5. The Kier molecular flexibility index (Phi) is 5.81. The Morgan fingerprint density at radius 3 is 2.86 bits per heavy atom. The van der Waals surface area contributed by atoms with E-state index in [4.69, 9.17) is 4.74 Å². The molecule has 1 atom stereocenters. The van der Waals surface area contributed by atoms with E-state index in [9.17, 15) is 9.59 Å². The van der Waals surface area contributed by atoms with Gasteiger partial charge in [0.05, 0.1) is 11.6 Å². The van der Waals surface area contributed by atoms with E-state index in [0.717, 1.165) is 17.3 Å². The first-order valence-electron chi connectivity index (χ1n) is 9.75. The number of hydrogen-bond donors (Lipinski definition) is 1. The predicted octanol–water partition coefficient (Wildman–Crippen LogP) is 2.43.